The van der Waals surface area contributed by atoms with Gasteiger partial charge in [-0.3, -0.25) is 4.79 Å². The molecule has 3 rings (SSSR count). The van der Waals surface area contributed by atoms with Crippen LogP contribution in [-0.4, -0.2) is 12.1 Å². The SMILES string of the molecule is Cc1ccc(-c2cc(=O)c3cc(O[C@H](C)C(=O)[O-])ccc3o2)cc1. The molecule has 0 fully saturated rings. The monoisotopic (exact) mass is 323 g/mol. The van der Waals surface area contributed by atoms with Crippen molar-refractivity contribution < 1.29 is 19.1 Å². The Labute approximate surface area is 138 Å². The highest BCUT2D eigenvalue weighted by Crippen LogP contribution is 2.25. The standard InChI is InChI=1S/C19H16O5/c1-11-3-5-13(6-4-11)18-10-16(20)15-9-14(7-8-17(15)24-18)23-12(2)19(21)22/h3-10,12H,1-2H3,(H,21,22)/p-1/t12-/m1/s1. The van der Waals surface area contributed by atoms with Gasteiger partial charge in [0.1, 0.15) is 23.2 Å². The molecule has 0 amide bonds. The Morgan fingerprint density at radius 3 is 2.50 bits per heavy atom. The number of aryl methyl sites for hydroxylation is 1. The van der Waals surface area contributed by atoms with E-state index in [4.69, 9.17) is 9.15 Å². The fourth-order valence-corrected chi connectivity index (χ4v) is 2.32. The average Bonchev–Trinajstić information content (AvgIpc) is 2.55. The highest BCUT2D eigenvalue weighted by Gasteiger charge is 2.10. The van der Waals surface area contributed by atoms with E-state index < -0.39 is 12.1 Å². The van der Waals surface area contributed by atoms with Crippen molar-refractivity contribution >= 4 is 16.9 Å². The normalized spacial score (nSPS) is 12.1. The number of carbonyl (C=O) groups excluding carboxylic acids is 1. The predicted molar refractivity (Wildman–Crippen MR) is 87.8 cm³/mol. The summed E-state index contributed by atoms with van der Waals surface area (Å²) < 4.78 is 11.0. The number of aliphatic carboxylic acids is 1. The maximum Gasteiger partial charge on any atom is 0.193 e. The first kappa shape index (κ1) is 15.8. The van der Waals surface area contributed by atoms with Crippen molar-refractivity contribution in [1.29, 1.82) is 0 Å². The van der Waals surface area contributed by atoms with Crippen molar-refractivity contribution in [2.75, 3.05) is 0 Å². The van der Waals surface area contributed by atoms with Crippen molar-refractivity contribution in [2.45, 2.75) is 20.0 Å². The highest BCUT2D eigenvalue weighted by molar-refractivity contribution is 5.80. The molecule has 0 radical (unpaired) electrons. The molecule has 2 aromatic carbocycles. The summed E-state index contributed by atoms with van der Waals surface area (Å²) in [6.45, 7) is 3.35. The van der Waals surface area contributed by atoms with Crippen LogP contribution in [0.3, 0.4) is 0 Å². The summed E-state index contributed by atoms with van der Waals surface area (Å²) in [5, 5.41) is 11.1. The Kier molecular flexibility index (Phi) is 4.08. The van der Waals surface area contributed by atoms with E-state index in [1.807, 2.05) is 31.2 Å². The van der Waals surface area contributed by atoms with Crippen molar-refractivity contribution in [3.05, 3.63) is 64.3 Å². The highest BCUT2D eigenvalue weighted by atomic mass is 16.5. The quantitative estimate of drug-likeness (QED) is 0.736. The number of fused-ring (bicyclic) bond motifs is 1. The number of carboxylic acid groups (broad SMARTS) is 1. The lowest BCUT2D eigenvalue weighted by molar-refractivity contribution is -0.312. The van der Waals surface area contributed by atoms with Crippen LogP contribution >= 0.6 is 0 Å². The lowest BCUT2D eigenvalue weighted by Gasteiger charge is -2.15. The number of rotatable bonds is 4. The van der Waals surface area contributed by atoms with Gasteiger partial charge in [-0.25, -0.2) is 0 Å². The van der Waals surface area contributed by atoms with E-state index in [0.717, 1.165) is 11.1 Å². The Morgan fingerprint density at radius 1 is 1.12 bits per heavy atom. The van der Waals surface area contributed by atoms with Crippen LogP contribution in [0.5, 0.6) is 5.75 Å². The van der Waals surface area contributed by atoms with Crippen LogP contribution in [-0.2, 0) is 4.79 Å². The Morgan fingerprint density at radius 2 is 1.83 bits per heavy atom. The van der Waals surface area contributed by atoms with Crippen LogP contribution in [0, 0.1) is 6.92 Å². The molecule has 0 unspecified atom stereocenters. The fraction of sp³-hybridized carbons (Fsp3) is 0.158. The molecule has 24 heavy (non-hydrogen) atoms. The van der Waals surface area contributed by atoms with Crippen molar-refractivity contribution in [2.24, 2.45) is 0 Å². The summed E-state index contributed by atoms with van der Waals surface area (Å²) in [7, 11) is 0. The molecular weight excluding hydrogens is 308 g/mol. The molecular formula is C19H15O5-. The molecule has 1 aromatic heterocycles. The van der Waals surface area contributed by atoms with E-state index in [-0.39, 0.29) is 11.2 Å². The largest absolute Gasteiger partial charge is 0.546 e. The first-order valence-corrected chi connectivity index (χ1v) is 7.46. The smallest absolute Gasteiger partial charge is 0.193 e. The third-order valence-corrected chi connectivity index (χ3v) is 3.68. The van der Waals surface area contributed by atoms with E-state index in [0.29, 0.717) is 16.7 Å². The minimum Gasteiger partial charge on any atom is -0.546 e. The van der Waals surface area contributed by atoms with Gasteiger partial charge < -0.3 is 19.1 Å². The second kappa shape index (κ2) is 6.20. The molecule has 0 aliphatic rings. The third kappa shape index (κ3) is 3.15. The van der Waals surface area contributed by atoms with Crippen molar-refractivity contribution in [1.82, 2.24) is 0 Å². The second-order valence-corrected chi connectivity index (χ2v) is 5.58. The van der Waals surface area contributed by atoms with Crippen LogP contribution in [0.25, 0.3) is 22.3 Å². The Hall–Kier alpha value is -3.08. The molecule has 0 saturated carbocycles. The van der Waals surface area contributed by atoms with E-state index in [1.165, 1.54) is 19.1 Å². The van der Waals surface area contributed by atoms with Crippen LogP contribution in [0.2, 0.25) is 0 Å². The molecule has 0 aliphatic carbocycles. The van der Waals surface area contributed by atoms with E-state index in [2.05, 4.69) is 0 Å². The van der Waals surface area contributed by atoms with Crippen LogP contribution in [0.15, 0.2) is 57.7 Å². The van der Waals surface area contributed by atoms with E-state index in [1.54, 1.807) is 12.1 Å². The summed E-state index contributed by atoms with van der Waals surface area (Å²) in [6, 6.07) is 13.7. The van der Waals surface area contributed by atoms with Gasteiger partial charge in [0.15, 0.2) is 5.43 Å². The molecule has 0 spiro atoms. The first-order valence-electron chi connectivity index (χ1n) is 7.46. The molecule has 3 aromatic rings. The lowest BCUT2D eigenvalue weighted by atomic mass is 10.1. The number of hydrogen-bond donors (Lipinski definition) is 0. The molecule has 0 saturated heterocycles. The van der Waals surface area contributed by atoms with Gasteiger partial charge >= 0.3 is 0 Å². The lowest BCUT2D eigenvalue weighted by Crippen LogP contribution is -2.37. The topological polar surface area (TPSA) is 79.6 Å². The molecule has 0 aliphatic heterocycles. The molecule has 122 valence electrons. The molecule has 1 heterocycles. The number of carbonyl (C=O) groups is 1. The Balaban J connectivity index is 2.02. The summed E-state index contributed by atoms with van der Waals surface area (Å²) in [4.78, 5) is 23.1. The van der Waals surface area contributed by atoms with E-state index in [9.17, 15) is 14.7 Å². The number of ether oxygens (including phenoxy) is 1. The van der Waals surface area contributed by atoms with Gasteiger partial charge in [-0.05, 0) is 32.0 Å². The maximum absolute atomic E-state index is 12.4. The van der Waals surface area contributed by atoms with E-state index >= 15 is 0 Å². The van der Waals surface area contributed by atoms with Crippen LogP contribution in [0.4, 0.5) is 0 Å². The Bertz CT molecular complexity index is 954. The number of carboxylic acids is 1. The van der Waals surface area contributed by atoms with Gasteiger partial charge in [0.25, 0.3) is 0 Å². The average molecular weight is 323 g/mol. The zero-order chi connectivity index (χ0) is 17.3. The molecule has 1 atom stereocenters. The minimum atomic E-state index is -1.32. The van der Waals surface area contributed by atoms with Crippen molar-refractivity contribution in [3.8, 4) is 17.1 Å². The van der Waals surface area contributed by atoms with Crippen molar-refractivity contribution in [3.63, 3.8) is 0 Å². The van der Waals surface area contributed by atoms with Gasteiger partial charge in [0.2, 0.25) is 0 Å². The summed E-state index contributed by atoms with van der Waals surface area (Å²) in [6.07, 6.45) is -1.11. The first-order chi connectivity index (χ1) is 11.4. The zero-order valence-electron chi connectivity index (χ0n) is 13.2. The number of hydrogen-bond acceptors (Lipinski definition) is 5. The van der Waals surface area contributed by atoms with Gasteiger partial charge in [0.05, 0.1) is 11.4 Å². The summed E-state index contributed by atoms with van der Waals surface area (Å²) in [5.74, 6) is -0.573. The third-order valence-electron chi connectivity index (χ3n) is 3.68. The zero-order valence-corrected chi connectivity index (χ0v) is 13.2. The molecule has 0 N–H and O–H groups in total. The van der Waals surface area contributed by atoms with Crippen LogP contribution < -0.4 is 15.3 Å². The minimum absolute atomic E-state index is 0.224. The fourth-order valence-electron chi connectivity index (χ4n) is 2.32. The van der Waals surface area contributed by atoms with Gasteiger partial charge in [-0.2, -0.15) is 0 Å². The number of benzene rings is 2. The second-order valence-electron chi connectivity index (χ2n) is 5.58. The molecule has 5 heteroatoms. The maximum atomic E-state index is 12.4. The van der Waals surface area contributed by atoms with Gasteiger partial charge in [-0.15, -0.1) is 0 Å². The summed E-state index contributed by atoms with van der Waals surface area (Å²) >= 11 is 0. The summed E-state index contributed by atoms with van der Waals surface area (Å²) in [5.41, 5.74) is 2.11. The van der Waals surface area contributed by atoms with Gasteiger partial charge in [0, 0.05) is 11.6 Å². The molecule has 5 nitrogen and oxygen atoms in total. The molecule has 0 bridgehead atoms. The van der Waals surface area contributed by atoms with Gasteiger partial charge in [-0.1, -0.05) is 29.8 Å². The predicted octanol–water partition coefficient (Wildman–Crippen LogP) is 2.29. The van der Waals surface area contributed by atoms with Crippen LogP contribution in [0.1, 0.15) is 12.5 Å².